The van der Waals surface area contributed by atoms with Crippen LogP contribution in [0.4, 0.5) is 0 Å². The summed E-state index contributed by atoms with van der Waals surface area (Å²) in [7, 11) is 0. The van der Waals surface area contributed by atoms with E-state index in [-0.39, 0.29) is 12.3 Å². The molecule has 0 aromatic heterocycles. The molecule has 1 heterocycles. The molecule has 1 aromatic carbocycles. The maximum atomic E-state index is 11.1. The van der Waals surface area contributed by atoms with Crippen molar-refractivity contribution < 1.29 is 15.1 Å². The molecule has 2 N–H and O–H groups in total. The zero-order valence-corrected chi connectivity index (χ0v) is 6.19. The lowest BCUT2D eigenvalue weighted by molar-refractivity contribution is -0.0581. The van der Waals surface area contributed by atoms with Gasteiger partial charge in [0.05, 0.1) is 12.1 Å². The Bertz CT molecular complexity index is 348. The third-order valence-corrected chi connectivity index (χ3v) is 1.92. The molecule has 12 heavy (non-hydrogen) atoms. The van der Waals surface area contributed by atoms with Crippen molar-refractivity contribution in [1.29, 1.82) is 0 Å². The van der Waals surface area contributed by atoms with Gasteiger partial charge in [-0.25, -0.2) is 5.06 Å². The van der Waals surface area contributed by atoms with Crippen LogP contribution in [-0.4, -0.2) is 21.3 Å². The number of phenols is 1. The molecule has 1 aliphatic rings. The topological polar surface area (TPSA) is 60.8 Å². The third-order valence-electron chi connectivity index (χ3n) is 1.92. The quantitative estimate of drug-likeness (QED) is 0.557. The highest BCUT2D eigenvalue weighted by molar-refractivity contribution is 5.98. The standard InChI is InChI=1S/C8H7NO3/c10-7-3-1-2-5-6(7)4-9(12)8(5)11/h1-3,10,12H,4H2. The van der Waals surface area contributed by atoms with E-state index in [1.54, 1.807) is 12.1 Å². The van der Waals surface area contributed by atoms with Gasteiger partial charge in [-0.2, -0.15) is 0 Å². The van der Waals surface area contributed by atoms with E-state index in [0.29, 0.717) is 16.2 Å². The minimum Gasteiger partial charge on any atom is -0.508 e. The maximum absolute atomic E-state index is 11.1. The van der Waals surface area contributed by atoms with Crippen LogP contribution in [0.15, 0.2) is 18.2 Å². The smallest absolute Gasteiger partial charge is 0.278 e. The average molecular weight is 165 g/mol. The monoisotopic (exact) mass is 165 g/mol. The highest BCUT2D eigenvalue weighted by atomic mass is 16.5. The van der Waals surface area contributed by atoms with Gasteiger partial charge in [-0.15, -0.1) is 0 Å². The molecule has 2 rings (SSSR count). The van der Waals surface area contributed by atoms with Gasteiger partial charge in [0.1, 0.15) is 5.75 Å². The highest BCUT2D eigenvalue weighted by Gasteiger charge is 2.27. The molecule has 0 bridgehead atoms. The van der Waals surface area contributed by atoms with Crippen LogP contribution in [0.3, 0.4) is 0 Å². The molecule has 0 saturated carbocycles. The van der Waals surface area contributed by atoms with Crippen LogP contribution in [0, 0.1) is 0 Å². The minimum absolute atomic E-state index is 0.0531. The summed E-state index contributed by atoms with van der Waals surface area (Å²) in [4.78, 5) is 11.1. The van der Waals surface area contributed by atoms with Gasteiger partial charge in [0.15, 0.2) is 0 Å². The first-order valence-corrected chi connectivity index (χ1v) is 3.52. The number of carbonyl (C=O) groups excluding carboxylic acids is 1. The van der Waals surface area contributed by atoms with Crippen LogP contribution in [0.2, 0.25) is 0 Å². The largest absolute Gasteiger partial charge is 0.508 e. The van der Waals surface area contributed by atoms with Crippen LogP contribution in [0.5, 0.6) is 5.75 Å². The first-order chi connectivity index (χ1) is 5.70. The van der Waals surface area contributed by atoms with Gasteiger partial charge in [-0.3, -0.25) is 10.0 Å². The lowest BCUT2D eigenvalue weighted by Crippen LogP contribution is -2.18. The summed E-state index contributed by atoms with van der Waals surface area (Å²) in [5.41, 5.74) is 0.863. The Labute approximate surface area is 68.6 Å². The van der Waals surface area contributed by atoms with E-state index in [4.69, 9.17) is 5.21 Å². The van der Waals surface area contributed by atoms with Crippen molar-refractivity contribution >= 4 is 5.91 Å². The number of fused-ring (bicyclic) bond motifs is 1. The molecule has 0 unspecified atom stereocenters. The third kappa shape index (κ3) is 0.785. The number of nitrogens with zero attached hydrogens (tertiary/aromatic N) is 1. The number of hydroxylamine groups is 2. The van der Waals surface area contributed by atoms with Crippen LogP contribution >= 0.6 is 0 Å². The molecule has 4 nitrogen and oxygen atoms in total. The number of aromatic hydroxyl groups is 1. The predicted octanol–water partition coefficient (Wildman–Crippen LogP) is 0.737. The Kier molecular flexibility index (Phi) is 1.31. The molecule has 0 spiro atoms. The fourth-order valence-corrected chi connectivity index (χ4v) is 1.30. The van der Waals surface area contributed by atoms with E-state index in [0.717, 1.165) is 0 Å². The molecule has 1 aliphatic heterocycles. The van der Waals surface area contributed by atoms with Crippen LogP contribution in [0.25, 0.3) is 0 Å². The Balaban J connectivity index is 2.61. The molecule has 0 aliphatic carbocycles. The van der Waals surface area contributed by atoms with Gasteiger partial charge in [0.25, 0.3) is 5.91 Å². The van der Waals surface area contributed by atoms with Crippen LogP contribution < -0.4 is 0 Å². The fraction of sp³-hybridized carbons (Fsp3) is 0.125. The Morgan fingerprint density at radius 1 is 1.42 bits per heavy atom. The lowest BCUT2D eigenvalue weighted by Gasteiger charge is -2.02. The zero-order valence-electron chi connectivity index (χ0n) is 6.19. The van der Waals surface area contributed by atoms with Crippen LogP contribution in [0.1, 0.15) is 15.9 Å². The molecule has 1 aromatic rings. The second kappa shape index (κ2) is 2.22. The number of hydrogen-bond donors (Lipinski definition) is 2. The Morgan fingerprint density at radius 3 is 2.83 bits per heavy atom. The first kappa shape index (κ1) is 7.12. The lowest BCUT2D eigenvalue weighted by atomic mass is 10.1. The normalized spacial score (nSPS) is 15.1. The van der Waals surface area contributed by atoms with E-state index in [2.05, 4.69) is 0 Å². The molecule has 4 heteroatoms. The van der Waals surface area contributed by atoms with E-state index in [9.17, 15) is 9.90 Å². The number of hydrogen-bond acceptors (Lipinski definition) is 3. The van der Waals surface area contributed by atoms with Crippen molar-refractivity contribution in [2.24, 2.45) is 0 Å². The van der Waals surface area contributed by atoms with E-state index in [1.165, 1.54) is 6.07 Å². The zero-order chi connectivity index (χ0) is 8.72. The second-order valence-electron chi connectivity index (χ2n) is 2.67. The Hall–Kier alpha value is -1.55. The molecule has 0 atom stereocenters. The summed E-state index contributed by atoms with van der Waals surface area (Å²) in [6.07, 6.45) is 0. The number of phenolic OH excluding ortho intramolecular Hbond substituents is 1. The Morgan fingerprint density at radius 2 is 2.17 bits per heavy atom. The molecule has 1 amide bonds. The van der Waals surface area contributed by atoms with Crippen molar-refractivity contribution in [3.05, 3.63) is 29.3 Å². The van der Waals surface area contributed by atoms with Crippen molar-refractivity contribution in [3.63, 3.8) is 0 Å². The molecular formula is C8H7NO3. The maximum Gasteiger partial charge on any atom is 0.278 e. The molecule has 0 fully saturated rings. The van der Waals surface area contributed by atoms with Crippen LogP contribution in [-0.2, 0) is 6.54 Å². The summed E-state index contributed by atoms with van der Waals surface area (Å²) < 4.78 is 0. The minimum atomic E-state index is -0.457. The van der Waals surface area contributed by atoms with Crippen molar-refractivity contribution in [2.45, 2.75) is 6.54 Å². The number of carbonyl (C=O) groups is 1. The van der Waals surface area contributed by atoms with Crippen molar-refractivity contribution in [1.82, 2.24) is 5.06 Å². The molecule has 62 valence electrons. The van der Waals surface area contributed by atoms with Gasteiger partial charge in [0, 0.05) is 5.56 Å². The van der Waals surface area contributed by atoms with Crippen molar-refractivity contribution in [3.8, 4) is 5.75 Å². The van der Waals surface area contributed by atoms with Crippen molar-refractivity contribution in [2.75, 3.05) is 0 Å². The summed E-state index contributed by atoms with van der Waals surface area (Å²) in [6.45, 7) is 0.0703. The van der Waals surface area contributed by atoms with E-state index < -0.39 is 5.91 Å². The second-order valence-corrected chi connectivity index (χ2v) is 2.67. The summed E-state index contributed by atoms with van der Waals surface area (Å²) in [5, 5.41) is 18.9. The fourth-order valence-electron chi connectivity index (χ4n) is 1.30. The van der Waals surface area contributed by atoms with Gasteiger partial charge in [-0.05, 0) is 12.1 Å². The van der Waals surface area contributed by atoms with Gasteiger partial charge >= 0.3 is 0 Å². The molecular weight excluding hydrogens is 158 g/mol. The average Bonchev–Trinajstić information content (AvgIpc) is 2.32. The highest BCUT2D eigenvalue weighted by Crippen LogP contribution is 2.28. The van der Waals surface area contributed by atoms with Gasteiger partial charge in [0.2, 0.25) is 0 Å². The van der Waals surface area contributed by atoms with E-state index in [1.807, 2.05) is 0 Å². The summed E-state index contributed by atoms with van der Waals surface area (Å²) >= 11 is 0. The first-order valence-electron chi connectivity index (χ1n) is 3.52. The molecule has 0 saturated heterocycles. The molecule has 0 radical (unpaired) electrons. The summed E-state index contributed by atoms with van der Waals surface area (Å²) in [6, 6.07) is 4.64. The van der Waals surface area contributed by atoms with Gasteiger partial charge < -0.3 is 5.11 Å². The number of amides is 1. The van der Waals surface area contributed by atoms with Gasteiger partial charge in [-0.1, -0.05) is 6.07 Å². The number of benzene rings is 1. The van der Waals surface area contributed by atoms with E-state index >= 15 is 0 Å². The predicted molar refractivity (Wildman–Crippen MR) is 39.8 cm³/mol. The SMILES string of the molecule is O=C1c2cccc(O)c2CN1O. The number of rotatable bonds is 0. The summed E-state index contributed by atoms with van der Waals surface area (Å²) in [5.74, 6) is -0.404.